The van der Waals surface area contributed by atoms with Crippen LogP contribution in [0.25, 0.3) is 6.08 Å². The molecule has 0 amide bonds. The number of fused-ring (bicyclic) bond motifs is 1. The Hall–Kier alpha value is -1.97. The monoisotopic (exact) mass is 287 g/mol. The largest absolute Gasteiger partial charge is 0.507 e. The minimum atomic E-state index is -0.260. The second-order valence-electron chi connectivity index (χ2n) is 5.78. The van der Waals surface area contributed by atoms with Crippen LogP contribution < -0.4 is 4.74 Å². The summed E-state index contributed by atoms with van der Waals surface area (Å²) in [7, 11) is 0. The molecule has 4 heteroatoms. The molecular formula is C17H21NO3. The molecule has 21 heavy (non-hydrogen) atoms. The lowest BCUT2D eigenvalue weighted by Crippen LogP contribution is -2.47. The molecule has 0 aromatic heterocycles. The molecular weight excluding hydrogens is 266 g/mol. The molecule has 2 aliphatic rings. The van der Waals surface area contributed by atoms with Gasteiger partial charge in [-0.15, -0.1) is 0 Å². The van der Waals surface area contributed by atoms with Gasteiger partial charge in [0, 0.05) is 16.7 Å². The molecule has 0 radical (unpaired) electrons. The van der Waals surface area contributed by atoms with Crippen molar-refractivity contribution in [2.75, 3.05) is 6.61 Å². The van der Waals surface area contributed by atoms with Gasteiger partial charge in [-0.1, -0.05) is 5.16 Å². The van der Waals surface area contributed by atoms with Crippen LogP contribution in [-0.4, -0.2) is 23.5 Å². The minimum Gasteiger partial charge on any atom is -0.507 e. The first-order chi connectivity index (χ1) is 10.1. The smallest absolute Gasteiger partial charge is 0.136 e. The fourth-order valence-corrected chi connectivity index (χ4v) is 2.98. The standard InChI is InChI=1S/C17H21NO3/c1-4-20-18-10-13-9-14-12(3)16(19)11(2)8-15(14)21-17(13)6-5-7-17/h8-10,19H,4-7H2,1-3H3/b18-10+. The molecule has 112 valence electrons. The number of ether oxygens (including phenoxy) is 1. The molecule has 4 nitrogen and oxygen atoms in total. The Kier molecular flexibility index (Phi) is 3.40. The molecule has 1 aliphatic heterocycles. The van der Waals surface area contributed by atoms with Gasteiger partial charge in [0.2, 0.25) is 0 Å². The fourth-order valence-electron chi connectivity index (χ4n) is 2.98. The molecule has 1 aromatic rings. The Balaban J connectivity index is 2.07. The third kappa shape index (κ3) is 2.19. The van der Waals surface area contributed by atoms with E-state index in [4.69, 9.17) is 9.57 Å². The van der Waals surface area contributed by atoms with Crippen molar-refractivity contribution in [1.29, 1.82) is 0 Å². The summed E-state index contributed by atoms with van der Waals surface area (Å²) < 4.78 is 6.29. The van der Waals surface area contributed by atoms with E-state index in [2.05, 4.69) is 11.2 Å². The second-order valence-corrected chi connectivity index (χ2v) is 5.78. The van der Waals surface area contributed by atoms with Gasteiger partial charge in [0.15, 0.2) is 0 Å². The van der Waals surface area contributed by atoms with Gasteiger partial charge in [-0.25, -0.2) is 0 Å². The number of benzene rings is 1. The van der Waals surface area contributed by atoms with Crippen molar-refractivity contribution >= 4 is 12.3 Å². The Labute approximate surface area is 125 Å². The number of hydrogen-bond donors (Lipinski definition) is 1. The average Bonchev–Trinajstić information content (AvgIpc) is 2.43. The Morgan fingerprint density at radius 2 is 2.19 bits per heavy atom. The number of hydrogen-bond acceptors (Lipinski definition) is 4. The summed E-state index contributed by atoms with van der Waals surface area (Å²) in [6.45, 7) is 6.27. The molecule has 1 aliphatic carbocycles. The summed E-state index contributed by atoms with van der Waals surface area (Å²) in [5, 5.41) is 14.1. The molecule has 0 unspecified atom stereocenters. The predicted octanol–water partition coefficient (Wildman–Crippen LogP) is 3.73. The summed E-state index contributed by atoms with van der Waals surface area (Å²) in [5.41, 5.74) is 3.40. The lowest BCUT2D eigenvalue weighted by Gasteiger charge is -2.45. The molecule has 1 fully saturated rings. The van der Waals surface area contributed by atoms with Crippen LogP contribution in [0.15, 0.2) is 16.8 Å². The van der Waals surface area contributed by atoms with Crippen LogP contribution in [0.2, 0.25) is 0 Å². The average molecular weight is 287 g/mol. The van der Waals surface area contributed by atoms with Gasteiger partial charge >= 0.3 is 0 Å². The number of aryl methyl sites for hydroxylation is 1. The van der Waals surface area contributed by atoms with Crippen LogP contribution in [0.4, 0.5) is 0 Å². The predicted molar refractivity (Wildman–Crippen MR) is 82.9 cm³/mol. The molecule has 3 rings (SSSR count). The van der Waals surface area contributed by atoms with E-state index in [9.17, 15) is 5.11 Å². The van der Waals surface area contributed by atoms with Gasteiger partial charge in [-0.2, -0.15) is 0 Å². The van der Waals surface area contributed by atoms with Crippen molar-refractivity contribution in [2.45, 2.75) is 45.6 Å². The van der Waals surface area contributed by atoms with Crippen molar-refractivity contribution < 1.29 is 14.7 Å². The molecule has 0 saturated heterocycles. The zero-order valence-electron chi connectivity index (χ0n) is 12.8. The first kappa shape index (κ1) is 14.0. The topological polar surface area (TPSA) is 51.0 Å². The van der Waals surface area contributed by atoms with Crippen LogP contribution in [0.1, 0.15) is 42.9 Å². The van der Waals surface area contributed by atoms with E-state index in [0.29, 0.717) is 12.4 Å². The van der Waals surface area contributed by atoms with Gasteiger partial charge in [0.25, 0.3) is 0 Å². The zero-order valence-corrected chi connectivity index (χ0v) is 12.8. The van der Waals surface area contributed by atoms with Crippen LogP contribution in [-0.2, 0) is 4.84 Å². The summed E-state index contributed by atoms with van der Waals surface area (Å²) in [4.78, 5) is 5.08. The van der Waals surface area contributed by atoms with E-state index in [-0.39, 0.29) is 5.60 Å². The number of phenolic OH excluding ortho intramolecular Hbond substituents is 1. The maximum absolute atomic E-state index is 10.1. The minimum absolute atomic E-state index is 0.260. The van der Waals surface area contributed by atoms with Gasteiger partial charge in [0.05, 0.1) is 6.21 Å². The van der Waals surface area contributed by atoms with E-state index >= 15 is 0 Å². The summed E-state index contributed by atoms with van der Waals surface area (Å²) >= 11 is 0. The second kappa shape index (κ2) is 5.10. The first-order valence-electron chi connectivity index (χ1n) is 7.47. The number of rotatable bonds is 3. The van der Waals surface area contributed by atoms with E-state index < -0.39 is 0 Å². The normalized spacial score (nSPS) is 18.9. The Morgan fingerprint density at radius 3 is 2.81 bits per heavy atom. The maximum Gasteiger partial charge on any atom is 0.136 e. The highest BCUT2D eigenvalue weighted by Crippen LogP contribution is 2.48. The van der Waals surface area contributed by atoms with Crippen molar-refractivity contribution in [3.63, 3.8) is 0 Å². The SMILES string of the molecule is CCO/N=C/C1=Cc2c(cc(C)c(O)c2C)OC12CCC2. The first-order valence-corrected chi connectivity index (χ1v) is 7.47. The van der Waals surface area contributed by atoms with Crippen molar-refractivity contribution in [1.82, 2.24) is 0 Å². The summed E-state index contributed by atoms with van der Waals surface area (Å²) in [6.07, 6.45) is 6.98. The molecule has 1 aromatic carbocycles. The van der Waals surface area contributed by atoms with Crippen LogP contribution in [0.3, 0.4) is 0 Å². The van der Waals surface area contributed by atoms with Crippen molar-refractivity contribution in [3.05, 3.63) is 28.3 Å². The molecule has 1 N–H and O–H groups in total. The molecule has 1 spiro atoms. The van der Waals surface area contributed by atoms with Gasteiger partial charge in [-0.3, -0.25) is 0 Å². The number of phenols is 1. The molecule has 0 bridgehead atoms. The van der Waals surface area contributed by atoms with Crippen LogP contribution in [0.5, 0.6) is 11.5 Å². The Bertz CT molecular complexity index is 627. The molecule has 0 atom stereocenters. The molecule has 1 saturated carbocycles. The van der Waals surface area contributed by atoms with Gasteiger partial charge < -0.3 is 14.7 Å². The fraction of sp³-hybridized carbons (Fsp3) is 0.471. The van der Waals surface area contributed by atoms with Crippen molar-refractivity contribution in [2.24, 2.45) is 5.16 Å². The summed E-state index contributed by atoms with van der Waals surface area (Å²) in [6, 6.07) is 1.92. The number of oxime groups is 1. The van der Waals surface area contributed by atoms with E-state index in [1.54, 1.807) is 6.21 Å². The van der Waals surface area contributed by atoms with E-state index in [0.717, 1.165) is 47.3 Å². The maximum atomic E-state index is 10.1. The van der Waals surface area contributed by atoms with Crippen LogP contribution >= 0.6 is 0 Å². The third-order valence-electron chi connectivity index (χ3n) is 4.43. The lowest BCUT2D eigenvalue weighted by atomic mass is 9.72. The lowest BCUT2D eigenvalue weighted by molar-refractivity contribution is 0.0317. The number of nitrogens with zero attached hydrogens (tertiary/aromatic N) is 1. The highest BCUT2D eigenvalue weighted by Gasteiger charge is 2.45. The quantitative estimate of drug-likeness (QED) is 0.680. The zero-order chi connectivity index (χ0) is 15.0. The van der Waals surface area contributed by atoms with Gasteiger partial charge in [-0.05, 0) is 57.7 Å². The van der Waals surface area contributed by atoms with Gasteiger partial charge in [0.1, 0.15) is 23.7 Å². The summed E-state index contributed by atoms with van der Waals surface area (Å²) in [5.74, 6) is 1.19. The van der Waals surface area contributed by atoms with E-state index in [1.807, 2.05) is 26.8 Å². The number of aromatic hydroxyl groups is 1. The molecule has 1 heterocycles. The Morgan fingerprint density at radius 1 is 1.43 bits per heavy atom. The third-order valence-corrected chi connectivity index (χ3v) is 4.43. The highest BCUT2D eigenvalue weighted by atomic mass is 16.6. The highest BCUT2D eigenvalue weighted by molar-refractivity contribution is 5.91. The van der Waals surface area contributed by atoms with E-state index in [1.165, 1.54) is 0 Å². The van der Waals surface area contributed by atoms with Crippen molar-refractivity contribution in [3.8, 4) is 11.5 Å². The van der Waals surface area contributed by atoms with Crippen LogP contribution in [0, 0.1) is 13.8 Å².